The first-order chi connectivity index (χ1) is 9.44. The van der Waals surface area contributed by atoms with Gasteiger partial charge in [0, 0.05) is 6.07 Å². The monoisotopic (exact) mass is 333 g/mol. The number of anilines is 1. The van der Waals surface area contributed by atoms with Gasteiger partial charge in [-0.25, -0.2) is 18.4 Å². The van der Waals surface area contributed by atoms with Crippen molar-refractivity contribution in [2.45, 2.75) is 4.90 Å². The average molecular weight is 334 g/mol. The topological polar surface area (TPSA) is 81.2 Å². The summed E-state index contributed by atoms with van der Waals surface area (Å²) in [7, 11) is -2.43. The summed E-state index contributed by atoms with van der Waals surface area (Å²) in [6.45, 7) is 0. The maximum atomic E-state index is 12.2. The lowest BCUT2D eigenvalue weighted by Gasteiger charge is -2.10. The highest BCUT2D eigenvalue weighted by atomic mass is 35.5. The maximum Gasteiger partial charge on any atom is 0.262 e. The van der Waals surface area contributed by atoms with Crippen LogP contribution in [0.25, 0.3) is 0 Å². The van der Waals surface area contributed by atoms with Gasteiger partial charge in [0.15, 0.2) is 10.3 Å². The van der Waals surface area contributed by atoms with E-state index in [1.54, 1.807) is 12.1 Å². The fourth-order valence-electron chi connectivity index (χ4n) is 1.39. The molecule has 0 saturated carbocycles. The van der Waals surface area contributed by atoms with Crippen LogP contribution in [0.3, 0.4) is 0 Å². The van der Waals surface area contributed by atoms with Crippen LogP contribution < -0.4 is 9.46 Å². The molecule has 0 amide bonds. The van der Waals surface area contributed by atoms with Crippen LogP contribution >= 0.6 is 23.2 Å². The number of methoxy groups -OCH3 is 1. The van der Waals surface area contributed by atoms with Gasteiger partial charge >= 0.3 is 0 Å². The number of hydrogen-bond acceptors (Lipinski definition) is 5. The van der Waals surface area contributed by atoms with Crippen molar-refractivity contribution in [1.29, 1.82) is 0 Å². The van der Waals surface area contributed by atoms with Gasteiger partial charge in [-0.3, -0.25) is 4.72 Å². The van der Waals surface area contributed by atoms with Gasteiger partial charge in [0.25, 0.3) is 10.0 Å². The number of hydrogen-bond donors (Lipinski definition) is 1. The number of benzene rings is 1. The smallest absolute Gasteiger partial charge is 0.262 e. The van der Waals surface area contributed by atoms with Crippen LogP contribution in [0.15, 0.2) is 35.5 Å². The molecular formula is C11H9Cl2N3O3S. The molecule has 0 atom stereocenters. The Labute approximate surface area is 125 Å². The molecule has 0 aliphatic heterocycles. The largest absolute Gasteiger partial charge is 0.497 e. The molecule has 1 aromatic carbocycles. The van der Waals surface area contributed by atoms with Gasteiger partial charge in [-0.05, 0) is 12.1 Å². The molecule has 20 heavy (non-hydrogen) atoms. The molecule has 0 aliphatic carbocycles. The van der Waals surface area contributed by atoms with Crippen molar-refractivity contribution < 1.29 is 13.2 Å². The fourth-order valence-corrected chi connectivity index (χ4v) is 3.02. The van der Waals surface area contributed by atoms with E-state index in [0.717, 1.165) is 6.33 Å². The molecule has 0 saturated heterocycles. The predicted octanol–water partition coefficient (Wildman–Crippen LogP) is 2.59. The molecule has 0 fully saturated rings. The minimum Gasteiger partial charge on any atom is -0.497 e. The molecule has 9 heteroatoms. The minimum atomic E-state index is -3.87. The zero-order chi connectivity index (χ0) is 14.8. The van der Waals surface area contributed by atoms with Crippen molar-refractivity contribution in [2.75, 3.05) is 11.8 Å². The van der Waals surface area contributed by atoms with Crippen LogP contribution in [0.4, 0.5) is 5.69 Å². The predicted molar refractivity (Wildman–Crippen MR) is 75.9 cm³/mol. The molecule has 0 radical (unpaired) electrons. The first kappa shape index (κ1) is 14.8. The highest BCUT2D eigenvalue weighted by Gasteiger charge is 2.19. The number of nitrogens with zero attached hydrogens (tertiary/aromatic N) is 2. The normalized spacial score (nSPS) is 11.2. The Morgan fingerprint density at radius 2 is 1.85 bits per heavy atom. The van der Waals surface area contributed by atoms with Crippen LogP contribution in [0, 0.1) is 0 Å². The van der Waals surface area contributed by atoms with Gasteiger partial charge in [0.1, 0.15) is 17.8 Å². The Morgan fingerprint density at radius 3 is 2.45 bits per heavy atom. The Balaban J connectivity index is 2.41. The van der Waals surface area contributed by atoms with Gasteiger partial charge < -0.3 is 4.74 Å². The van der Waals surface area contributed by atoms with E-state index in [4.69, 9.17) is 27.9 Å². The fraction of sp³-hybridized carbons (Fsp3) is 0.0909. The molecule has 106 valence electrons. The van der Waals surface area contributed by atoms with E-state index in [1.165, 1.54) is 19.2 Å². The Hall–Kier alpha value is -1.57. The van der Waals surface area contributed by atoms with Gasteiger partial charge in [-0.2, -0.15) is 0 Å². The van der Waals surface area contributed by atoms with Crippen LogP contribution in [0.1, 0.15) is 0 Å². The molecule has 1 aromatic heterocycles. The summed E-state index contributed by atoms with van der Waals surface area (Å²) < 4.78 is 31.7. The lowest BCUT2D eigenvalue weighted by atomic mass is 10.3. The summed E-state index contributed by atoms with van der Waals surface area (Å²) in [4.78, 5) is 7.35. The molecule has 1 heterocycles. The molecule has 0 bridgehead atoms. The molecule has 0 unspecified atom stereocenters. The molecular weight excluding hydrogens is 325 g/mol. The van der Waals surface area contributed by atoms with Gasteiger partial charge in [-0.15, -0.1) is 0 Å². The van der Waals surface area contributed by atoms with Crippen LogP contribution in [-0.4, -0.2) is 25.5 Å². The zero-order valence-electron chi connectivity index (χ0n) is 10.2. The van der Waals surface area contributed by atoms with Crippen molar-refractivity contribution >= 4 is 38.9 Å². The standard InChI is InChI=1S/C11H9Cl2N3O3S/c1-19-7-3-2-4-8(5-7)20(17,18)16-9-10(12)14-6-15-11(9)13/h2-6,16H,1H3. The van der Waals surface area contributed by atoms with Crippen LogP contribution in [0.2, 0.25) is 10.3 Å². The second kappa shape index (κ2) is 5.82. The van der Waals surface area contributed by atoms with E-state index in [-0.39, 0.29) is 20.9 Å². The van der Waals surface area contributed by atoms with E-state index in [9.17, 15) is 8.42 Å². The maximum absolute atomic E-state index is 12.2. The molecule has 2 rings (SSSR count). The minimum absolute atomic E-state index is 0.00726. The van der Waals surface area contributed by atoms with E-state index in [2.05, 4.69) is 14.7 Å². The van der Waals surface area contributed by atoms with Crippen LogP contribution in [-0.2, 0) is 10.0 Å². The second-order valence-corrected chi connectivity index (χ2v) is 6.01. The van der Waals surface area contributed by atoms with Gasteiger partial charge in [-0.1, -0.05) is 29.3 Å². The quantitative estimate of drug-likeness (QED) is 0.869. The zero-order valence-corrected chi connectivity index (χ0v) is 12.5. The molecule has 2 aromatic rings. The number of aromatic nitrogens is 2. The third-order valence-corrected chi connectivity index (χ3v) is 4.26. The van der Waals surface area contributed by atoms with E-state index in [1.807, 2.05) is 0 Å². The number of sulfonamides is 1. The third-order valence-electron chi connectivity index (χ3n) is 2.34. The summed E-state index contributed by atoms with van der Waals surface area (Å²) in [6, 6.07) is 5.97. The van der Waals surface area contributed by atoms with E-state index in [0.29, 0.717) is 5.75 Å². The lowest BCUT2D eigenvalue weighted by Crippen LogP contribution is -2.14. The Bertz CT molecular complexity index is 717. The summed E-state index contributed by atoms with van der Waals surface area (Å²) in [5.41, 5.74) is -0.0707. The van der Waals surface area contributed by atoms with E-state index < -0.39 is 10.0 Å². The van der Waals surface area contributed by atoms with Crippen LogP contribution in [0.5, 0.6) is 5.75 Å². The van der Waals surface area contributed by atoms with Crippen molar-refractivity contribution in [3.63, 3.8) is 0 Å². The molecule has 0 aliphatic rings. The summed E-state index contributed by atoms with van der Waals surface area (Å²) in [5.74, 6) is 0.411. The first-order valence-electron chi connectivity index (χ1n) is 5.27. The lowest BCUT2D eigenvalue weighted by molar-refractivity contribution is 0.413. The highest BCUT2D eigenvalue weighted by molar-refractivity contribution is 7.92. The van der Waals surface area contributed by atoms with Crippen molar-refractivity contribution in [2.24, 2.45) is 0 Å². The van der Waals surface area contributed by atoms with Gasteiger partial charge in [0.2, 0.25) is 0 Å². The number of ether oxygens (including phenoxy) is 1. The molecule has 1 N–H and O–H groups in total. The Morgan fingerprint density at radius 1 is 1.20 bits per heavy atom. The Kier molecular flexibility index (Phi) is 4.32. The number of rotatable bonds is 4. The summed E-state index contributed by atoms with van der Waals surface area (Å²) in [6.07, 6.45) is 1.13. The van der Waals surface area contributed by atoms with E-state index >= 15 is 0 Å². The first-order valence-corrected chi connectivity index (χ1v) is 7.51. The number of nitrogens with one attached hydrogen (secondary N) is 1. The summed E-state index contributed by atoms with van der Waals surface area (Å²) >= 11 is 11.6. The van der Waals surface area contributed by atoms with Crippen molar-refractivity contribution in [3.05, 3.63) is 40.9 Å². The van der Waals surface area contributed by atoms with Crippen molar-refractivity contribution in [3.8, 4) is 5.75 Å². The average Bonchev–Trinajstić information content (AvgIpc) is 2.43. The van der Waals surface area contributed by atoms with Gasteiger partial charge in [0.05, 0.1) is 12.0 Å². The second-order valence-electron chi connectivity index (χ2n) is 3.61. The SMILES string of the molecule is COc1cccc(S(=O)(=O)Nc2c(Cl)ncnc2Cl)c1. The highest BCUT2D eigenvalue weighted by Crippen LogP contribution is 2.28. The molecule has 0 spiro atoms. The number of halogens is 2. The summed E-state index contributed by atoms with van der Waals surface area (Å²) in [5, 5.41) is -0.173. The van der Waals surface area contributed by atoms with Crippen molar-refractivity contribution in [1.82, 2.24) is 9.97 Å². The molecule has 6 nitrogen and oxygen atoms in total. The third kappa shape index (κ3) is 3.12.